The number of nitrogens with one attached hydrogen (secondary N) is 1. The minimum Gasteiger partial charge on any atom is -0.480 e. The van der Waals surface area contributed by atoms with E-state index in [1.54, 1.807) is 11.3 Å². The standard InChI is InChI=1S/C15H18N2O3S2/c1-3-9(2)13(15(19)20)17-12(18)7-10-8-22-14(16-10)11-5-4-6-21-11/h4-6,8-9,13H,3,7H2,1-2H3,(H,17,18)(H,19,20). The number of hydrogen-bond donors (Lipinski definition) is 2. The molecule has 2 heterocycles. The van der Waals surface area contributed by atoms with E-state index in [1.807, 2.05) is 36.7 Å². The summed E-state index contributed by atoms with van der Waals surface area (Å²) in [6.07, 6.45) is 0.790. The van der Waals surface area contributed by atoms with Crippen LogP contribution in [0, 0.1) is 5.92 Å². The Labute approximate surface area is 137 Å². The van der Waals surface area contributed by atoms with Gasteiger partial charge in [-0.3, -0.25) is 4.79 Å². The molecular formula is C15H18N2O3S2. The Hall–Kier alpha value is -1.73. The normalized spacial score (nSPS) is 13.5. The number of carbonyl (C=O) groups excluding carboxylic acids is 1. The maximum Gasteiger partial charge on any atom is 0.326 e. The van der Waals surface area contributed by atoms with Gasteiger partial charge in [0.15, 0.2) is 0 Å². The number of carbonyl (C=O) groups is 2. The molecule has 2 unspecified atom stereocenters. The minimum atomic E-state index is -1.000. The number of nitrogens with zero attached hydrogens (tertiary/aromatic N) is 1. The largest absolute Gasteiger partial charge is 0.480 e. The summed E-state index contributed by atoms with van der Waals surface area (Å²) in [5, 5.41) is 16.5. The fourth-order valence-electron chi connectivity index (χ4n) is 1.97. The molecule has 0 aliphatic rings. The van der Waals surface area contributed by atoms with Crippen molar-refractivity contribution in [3.8, 4) is 9.88 Å². The first-order chi connectivity index (χ1) is 10.5. The van der Waals surface area contributed by atoms with Crippen LogP contribution in [0.25, 0.3) is 9.88 Å². The Bertz CT molecular complexity index is 637. The highest BCUT2D eigenvalue weighted by Crippen LogP contribution is 2.27. The van der Waals surface area contributed by atoms with E-state index in [1.165, 1.54) is 11.3 Å². The van der Waals surface area contributed by atoms with Crippen molar-refractivity contribution in [1.82, 2.24) is 10.3 Å². The fraction of sp³-hybridized carbons (Fsp3) is 0.400. The van der Waals surface area contributed by atoms with Crippen molar-refractivity contribution < 1.29 is 14.7 Å². The van der Waals surface area contributed by atoms with Gasteiger partial charge in [0, 0.05) is 5.38 Å². The van der Waals surface area contributed by atoms with E-state index in [0.29, 0.717) is 12.1 Å². The number of rotatable bonds is 7. The monoisotopic (exact) mass is 338 g/mol. The van der Waals surface area contributed by atoms with E-state index in [2.05, 4.69) is 10.3 Å². The van der Waals surface area contributed by atoms with Crippen molar-refractivity contribution in [2.75, 3.05) is 0 Å². The Morgan fingerprint density at radius 2 is 2.18 bits per heavy atom. The molecule has 0 aliphatic heterocycles. The quantitative estimate of drug-likeness (QED) is 0.813. The number of thiophene rings is 1. The van der Waals surface area contributed by atoms with Gasteiger partial charge in [-0.25, -0.2) is 9.78 Å². The van der Waals surface area contributed by atoms with Gasteiger partial charge in [0.2, 0.25) is 5.91 Å². The van der Waals surface area contributed by atoms with Crippen molar-refractivity contribution in [2.45, 2.75) is 32.7 Å². The molecule has 0 radical (unpaired) electrons. The molecule has 0 saturated heterocycles. The number of carboxylic acids is 1. The number of aliphatic carboxylic acids is 1. The van der Waals surface area contributed by atoms with E-state index in [9.17, 15) is 14.7 Å². The van der Waals surface area contributed by atoms with Crippen LogP contribution >= 0.6 is 22.7 Å². The van der Waals surface area contributed by atoms with E-state index in [0.717, 1.165) is 9.88 Å². The maximum absolute atomic E-state index is 12.0. The van der Waals surface area contributed by atoms with Crippen LogP contribution in [0.4, 0.5) is 0 Å². The zero-order chi connectivity index (χ0) is 16.1. The van der Waals surface area contributed by atoms with Crippen LogP contribution < -0.4 is 5.32 Å². The average molecular weight is 338 g/mol. The second kappa shape index (κ2) is 7.51. The van der Waals surface area contributed by atoms with Crippen LogP contribution in [-0.4, -0.2) is 28.0 Å². The zero-order valence-corrected chi connectivity index (χ0v) is 14.0. The molecule has 2 aromatic heterocycles. The Kier molecular flexibility index (Phi) is 5.68. The molecule has 2 rings (SSSR count). The van der Waals surface area contributed by atoms with Crippen LogP contribution in [0.5, 0.6) is 0 Å². The summed E-state index contributed by atoms with van der Waals surface area (Å²) in [4.78, 5) is 28.8. The van der Waals surface area contributed by atoms with Gasteiger partial charge >= 0.3 is 5.97 Å². The first kappa shape index (κ1) is 16.6. The third-order valence-corrected chi connectivity index (χ3v) is 5.35. The molecule has 5 nitrogen and oxygen atoms in total. The number of amides is 1. The second-order valence-corrected chi connectivity index (χ2v) is 6.87. The third-order valence-electron chi connectivity index (χ3n) is 3.42. The molecule has 1 amide bonds. The van der Waals surface area contributed by atoms with Gasteiger partial charge in [0.1, 0.15) is 11.0 Å². The molecular weight excluding hydrogens is 320 g/mol. The summed E-state index contributed by atoms with van der Waals surface area (Å²) in [5.74, 6) is -1.42. The van der Waals surface area contributed by atoms with Crippen molar-refractivity contribution in [2.24, 2.45) is 5.92 Å². The summed E-state index contributed by atoms with van der Waals surface area (Å²) in [6.45, 7) is 3.72. The molecule has 0 bridgehead atoms. The second-order valence-electron chi connectivity index (χ2n) is 5.07. The van der Waals surface area contributed by atoms with Crippen molar-refractivity contribution in [3.05, 3.63) is 28.6 Å². The lowest BCUT2D eigenvalue weighted by Gasteiger charge is -2.19. The third kappa shape index (κ3) is 4.14. The lowest BCUT2D eigenvalue weighted by Crippen LogP contribution is -2.45. The summed E-state index contributed by atoms with van der Waals surface area (Å²) in [6, 6.07) is 3.08. The highest BCUT2D eigenvalue weighted by molar-refractivity contribution is 7.20. The van der Waals surface area contributed by atoms with Crippen molar-refractivity contribution in [3.63, 3.8) is 0 Å². The molecule has 0 aromatic carbocycles. The SMILES string of the molecule is CCC(C)C(NC(=O)Cc1csc(-c2cccs2)n1)C(=O)O. The van der Waals surface area contributed by atoms with Crippen LogP contribution in [0.1, 0.15) is 26.0 Å². The lowest BCUT2D eigenvalue weighted by atomic mass is 9.99. The Morgan fingerprint density at radius 3 is 2.77 bits per heavy atom. The molecule has 0 spiro atoms. The minimum absolute atomic E-state index is 0.0993. The van der Waals surface area contributed by atoms with Crippen LogP contribution in [0.3, 0.4) is 0 Å². The molecule has 2 N–H and O–H groups in total. The van der Waals surface area contributed by atoms with E-state index < -0.39 is 12.0 Å². The lowest BCUT2D eigenvalue weighted by molar-refractivity contribution is -0.143. The number of carboxylic acid groups (broad SMARTS) is 1. The van der Waals surface area contributed by atoms with E-state index in [-0.39, 0.29) is 18.2 Å². The number of aromatic nitrogens is 1. The van der Waals surface area contributed by atoms with Gasteiger partial charge in [-0.05, 0) is 17.4 Å². The van der Waals surface area contributed by atoms with E-state index >= 15 is 0 Å². The summed E-state index contributed by atoms with van der Waals surface area (Å²) in [7, 11) is 0. The van der Waals surface area contributed by atoms with Crippen molar-refractivity contribution >= 4 is 34.6 Å². The zero-order valence-electron chi connectivity index (χ0n) is 12.4. The first-order valence-electron chi connectivity index (χ1n) is 7.01. The van der Waals surface area contributed by atoms with Crippen LogP contribution in [-0.2, 0) is 16.0 Å². The fourth-order valence-corrected chi connectivity index (χ4v) is 3.61. The van der Waals surface area contributed by atoms with Gasteiger partial charge in [-0.1, -0.05) is 26.3 Å². The smallest absolute Gasteiger partial charge is 0.326 e. The van der Waals surface area contributed by atoms with Gasteiger partial charge < -0.3 is 10.4 Å². The molecule has 118 valence electrons. The predicted molar refractivity (Wildman–Crippen MR) is 88.2 cm³/mol. The topological polar surface area (TPSA) is 79.3 Å². The summed E-state index contributed by atoms with van der Waals surface area (Å²) < 4.78 is 0. The summed E-state index contributed by atoms with van der Waals surface area (Å²) >= 11 is 3.09. The number of thiazole rings is 1. The molecule has 0 aliphatic carbocycles. The first-order valence-corrected chi connectivity index (χ1v) is 8.77. The Balaban J connectivity index is 1.98. The molecule has 7 heteroatoms. The predicted octanol–water partition coefficient (Wildman–Crippen LogP) is 3.03. The van der Waals surface area contributed by atoms with Gasteiger partial charge in [0.25, 0.3) is 0 Å². The van der Waals surface area contributed by atoms with E-state index in [4.69, 9.17) is 0 Å². The maximum atomic E-state index is 12.0. The van der Waals surface area contributed by atoms with Gasteiger partial charge in [-0.15, -0.1) is 22.7 Å². The van der Waals surface area contributed by atoms with Gasteiger partial charge in [0.05, 0.1) is 17.0 Å². The average Bonchev–Trinajstić information content (AvgIpc) is 3.14. The number of hydrogen-bond acceptors (Lipinski definition) is 5. The molecule has 22 heavy (non-hydrogen) atoms. The van der Waals surface area contributed by atoms with Crippen LogP contribution in [0.2, 0.25) is 0 Å². The molecule has 0 saturated carbocycles. The highest BCUT2D eigenvalue weighted by Gasteiger charge is 2.25. The van der Waals surface area contributed by atoms with Gasteiger partial charge in [-0.2, -0.15) is 0 Å². The van der Waals surface area contributed by atoms with Crippen molar-refractivity contribution in [1.29, 1.82) is 0 Å². The molecule has 0 fully saturated rings. The Morgan fingerprint density at radius 1 is 1.41 bits per heavy atom. The summed E-state index contributed by atoms with van der Waals surface area (Å²) in [5.41, 5.74) is 0.666. The molecule has 2 atom stereocenters. The van der Waals surface area contributed by atoms with Crippen LogP contribution in [0.15, 0.2) is 22.9 Å². The highest BCUT2D eigenvalue weighted by atomic mass is 32.1. The molecule has 2 aromatic rings.